The van der Waals surface area contributed by atoms with Gasteiger partial charge in [-0.2, -0.15) is 4.52 Å². The van der Waals surface area contributed by atoms with Crippen LogP contribution in [0.2, 0.25) is 0 Å². The fourth-order valence-corrected chi connectivity index (χ4v) is 3.02. The van der Waals surface area contributed by atoms with E-state index >= 15 is 0 Å². The van der Waals surface area contributed by atoms with Crippen LogP contribution in [0.25, 0.3) is 27.1 Å². The van der Waals surface area contributed by atoms with Gasteiger partial charge < -0.3 is 4.42 Å². The van der Waals surface area contributed by atoms with Crippen LogP contribution in [0.4, 0.5) is 0 Å². The molecule has 0 atom stereocenters. The van der Waals surface area contributed by atoms with Crippen molar-refractivity contribution in [2.45, 2.75) is 0 Å². The summed E-state index contributed by atoms with van der Waals surface area (Å²) in [7, 11) is 0. The van der Waals surface area contributed by atoms with E-state index in [9.17, 15) is 0 Å². The minimum Gasteiger partial charge on any atom is -0.447 e. The molecule has 20 heavy (non-hydrogen) atoms. The molecule has 0 spiro atoms. The minimum absolute atomic E-state index is 0.682. The van der Waals surface area contributed by atoms with Crippen LogP contribution < -0.4 is 0 Å². The largest absolute Gasteiger partial charge is 0.447 e. The summed E-state index contributed by atoms with van der Waals surface area (Å²) in [5.74, 6) is 1.44. The Morgan fingerprint density at radius 3 is 2.65 bits per heavy atom. The number of hydrogen-bond acceptors (Lipinski definition) is 5. The highest BCUT2D eigenvalue weighted by Gasteiger charge is 2.15. The molecular formula is C13H7BrN4OS. The first-order valence-electron chi connectivity index (χ1n) is 5.84. The fraction of sp³-hybridized carbons (Fsp3) is 0. The van der Waals surface area contributed by atoms with Crippen molar-refractivity contribution in [1.29, 1.82) is 0 Å². The minimum atomic E-state index is 0.682. The van der Waals surface area contributed by atoms with E-state index in [1.165, 1.54) is 11.3 Å². The van der Waals surface area contributed by atoms with Crippen LogP contribution >= 0.6 is 27.3 Å². The molecule has 0 radical (unpaired) electrons. The summed E-state index contributed by atoms with van der Waals surface area (Å²) in [6, 6.07) is 13.6. The zero-order valence-electron chi connectivity index (χ0n) is 10.0. The number of hydrogen-bond donors (Lipinski definition) is 0. The third-order valence-corrected chi connectivity index (χ3v) is 4.15. The highest BCUT2D eigenvalue weighted by molar-refractivity contribution is 9.10. The van der Waals surface area contributed by atoms with Crippen molar-refractivity contribution in [3.63, 3.8) is 0 Å². The summed E-state index contributed by atoms with van der Waals surface area (Å²) < 4.78 is 7.94. The molecule has 0 aliphatic carbocycles. The smallest absolute Gasteiger partial charge is 0.235 e. The van der Waals surface area contributed by atoms with E-state index in [4.69, 9.17) is 4.42 Å². The quantitative estimate of drug-likeness (QED) is 0.552. The van der Waals surface area contributed by atoms with E-state index in [1.807, 2.05) is 42.5 Å². The van der Waals surface area contributed by atoms with Crippen LogP contribution in [0.1, 0.15) is 0 Å². The Kier molecular flexibility index (Phi) is 2.68. The van der Waals surface area contributed by atoms with Crippen molar-refractivity contribution in [3.8, 4) is 22.2 Å². The highest BCUT2D eigenvalue weighted by atomic mass is 79.9. The van der Waals surface area contributed by atoms with Crippen LogP contribution in [-0.2, 0) is 0 Å². The summed E-state index contributed by atoms with van der Waals surface area (Å²) in [6.07, 6.45) is 0. The van der Waals surface area contributed by atoms with Gasteiger partial charge in [0.2, 0.25) is 4.96 Å². The van der Waals surface area contributed by atoms with Gasteiger partial charge in [0.1, 0.15) is 0 Å². The monoisotopic (exact) mass is 346 g/mol. The Balaban J connectivity index is 1.87. The van der Waals surface area contributed by atoms with Gasteiger partial charge in [-0.15, -0.1) is 15.3 Å². The van der Waals surface area contributed by atoms with Gasteiger partial charge in [-0.25, -0.2) is 0 Å². The maximum Gasteiger partial charge on any atom is 0.235 e. The maximum atomic E-state index is 5.52. The van der Waals surface area contributed by atoms with Crippen LogP contribution in [0, 0.1) is 0 Å². The average molecular weight is 347 g/mol. The van der Waals surface area contributed by atoms with Gasteiger partial charge in [0.05, 0.1) is 0 Å². The second-order valence-electron chi connectivity index (χ2n) is 4.09. The van der Waals surface area contributed by atoms with Crippen LogP contribution in [0.15, 0.2) is 51.6 Å². The molecule has 0 bridgehead atoms. The number of rotatable bonds is 2. The maximum absolute atomic E-state index is 5.52. The Hall–Kier alpha value is -1.99. The van der Waals surface area contributed by atoms with E-state index in [0.717, 1.165) is 21.4 Å². The molecule has 5 nitrogen and oxygen atoms in total. The van der Waals surface area contributed by atoms with Crippen molar-refractivity contribution in [3.05, 3.63) is 47.1 Å². The molecule has 0 aliphatic heterocycles. The van der Waals surface area contributed by atoms with Crippen molar-refractivity contribution >= 4 is 32.2 Å². The molecule has 0 fully saturated rings. The molecule has 4 rings (SSSR count). The number of fused-ring (bicyclic) bond motifs is 1. The number of nitrogens with zero attached hydrogens (tertiary/aromatic N) is 4. The molecule has 3 aromatic heterocycles. The van der Waals surface area contributed by atoms with Gasteiger partial charge in [-0.3, -0.25) is 0 Å². The van der Waals surface area contributed by atoms with E-state index in [-0.39, 0.29) is 0 Å². The molecule has 0 aliphatic rings. The standard InChI is InChI=1S/C13H7BrN4OS/c14-10-7-6-9(19-10)12-17-18-11(15-16-13(18)20-12)8-4-2-1-3-5-8/h1-7H. The van der Waals surface area contributed by atoms with Crippen molar-refractivity contribution in [1.82, 2.24) is 19.8 Å². The molecule has 98 valence electrons. The molecule has 3 heterocycles. The summed E-state index contributed by atoms with van der Waals surface area (Å²) in [4.78, 5) is 0.742. The van der Waals surface area contributed by atoms with Gasteiger partial charge in [0, 0.05) is 5.56 Å². The number of benzene rings is 1. The predicted octanol–water partition coefficient (Wildman–Crippen LogP) is 3.88. The normalized spacial score (nSPS) is 11.2. The molecule has 0 unspecified atom stereocenters. The van der Waals surface area contributed by atoms with E-state index in [0.29, 0.717) is 10.4 Å². The third kappa shape index (κ3) is 1.86. The lowest BCUT2D eigenvalue weighted by Gasteiger charge is -1.95. The van der Waals surface area contributed by atoms with Crippen molar-refractivity contribution < 1.29 is 4.42 Å². The molecule has 0 N–H and O–H groups in total. The molecule has 1 aromatic carbocycles. The fourth-order valence-electron chi connectivity index (χ4n) is 1.91. The first kappa shape index (κ1) is 11.8. The first-order chi connectivity index (χ1) is 9.81. The van der Waals surface area contributed by atoms with Gasteiger partial charge in [0.25, 0.3) is 0 Å². The Labute approximate surface area is 126 Å². The van der Waals surface area contributed by atoms with Gasteiger partial charge in [-0.05, 0) is 28.1 Å². The molecule has 0 saturated carbocycles. The molecule has 4 aromatic rings. The second kappa shape index (κ2) is 4.53. The zero-order chi connectivity index (χ0) is 13.5. The lowest BCUT2D eigenvalue weighted by Crippen LogP contribution is -1.90. The molecule has 7 heteroatoms. The zero-order valence-corrected chi connectivity index (χ0v) is 12.4. The summed E-state index contributed by atoms with van der Waals surface area (Å²) in [6.45, 7) is 0. The lowest BCUT2D eigenvalue weighted by atomic mass is 10.2. The van der Waals surface area contributed by atoms with Gasteiger partial charge >= 0.3 is 0 Å². The second-order valence-corrected chi connectivity index (χ2v) is 5.83. The molecule has 0 amide bonds. The Morgan fingerprint density at radius 1 is 1.05 bits per heavy atom. The highest BCUT2D eigenvalue weighted by Crippen LogP contribution is 2.30. The summed E-state index contributed by atoms with van der Waals surface area (Å²) in [5, 5.41) is 13.7. The number of furan rings is 1. The van der Waals surface area contributed by atoms with Crippen LogP contribution in [0.3, 0.4) is 0 Å². The van der Waals surface area contributed by atoms with Gasteiger partial charge in [0.15, 0.2) is 21.3 Å². The van der Waals surface area contributed by atoms with Crippen molar-refractivity contribution in [2.24, 2.45) is 0 Å². The van der Waals surface area contributed by atoms with Crippen LogP contribution in [0.5, 0.6) is 0 Å². The average Bonchev–Trinajstić information content (AvgIpc) is 3.13. The van der Waals surface area contributed by atoms with E-state index in [2.05, 4.69) is 31.2 Å². The summed E-state index contributed by atoms with van der Waals surface area (Å²) >= 11 is 4.73. The SMILES string of the molecule is Brc1ccc(-c2nn3c(-c4ccccc4)nnc3s2)o1. The number of halogens is 1. The Morgan fingerprint density at radius 2 is 1.90 bits per heavy atom. The third-order valence-electron chi connectivity index (χ3n) is 2.81. The van der Waals surface area contributed by atoms with Crippen LogP contribution in [-0.4, -0.2) is 19.8 Å². The summed E-state index contributed by atoms with van der Waals surface area (Å²) in [5.41, 5.74) is 0.984. The van der Waals surface area contributed by atoms with Gasteiger partial charge in [-0.1, -0.05) is 41.7 Å². The Bertz CT molecular complexity index is 880. The topological polar surface area (TPSA) is 56.2 Å². The van der Waals surface area contributed by atoms with E-state index < -0.39 is 0 Å². The predicted molar refractivity (Wildman–Crippen MR) is 79.5 cm³/mol. The number of aromatic nitrogens is 4. The molecule has 0 saturated heterocycles. The van der Waals surface area contributed by atoms with Crippen molar-refractivity contribution in [2.75, 3.05) is 0 Å². The lowest BCUT2D eigenvalue weighted by molar-refractivity contribution is 0.554. The first-order valence-corrected chi connectivity index (χ1v) is 7.45. The van der Waals surface area contributed by atoms with E-state index in [1.54, 1.807) is 4.52 Å². The molecular weight excluding hydrogens is 340 g/mol.